The van der Waals surface area contributed by atoms with Gasteiger partial charge in [-0.2, -0.15) is 5.10 Å². The van der Waals surface area contributed by atoms with E-state index in [1.807, 2.05) is 6.92 Å². The van der Waals surface area contributed by atoms with E-state index in [0.717, 1.165) is 29.0 Å². The number of sulfonamides is 1. The summed E-state index contributed by atoms with van der Waals surface area (Å²) in [4.78, 5) is 0. The van der Waals surface area contributed by atoms with E-state index in [0.29, 0.717) is 21.8 Å². The quantitative estimate of drug-likeness (QED) is 0.734. The smallest absolute Gasteiger partial charge is 0.250 e. The highest BCUT2D eigenvalue weighted by Gasteiger charge is 2.18. The zero-order valence-corrected chi connectivity index (χ0v) is 14.6. The lowest BCUT2D eigenvalue weighted by Gasteiger charge is -2.04. The van der Waals surface area contributed by atoms with Crippen molar-refractivity contribution in [2.24, 2.45) is 0 Å². The lowest BCUT2D eigenvalue weighted by molar-refractivity contribution is 0.581. The van der Waals surface area contributed by atoms with Gasteiger partial charge < -0.3 is 0 Å². The van der Waals surface area contributed by atoms with Gasteiger partial charge >= 0.3 is 0 Å². The first-order chi connectivity index (χ1) is 9.40. The summed E-state index contributed by atoms with van der Waals surface area (Å²) in [6, 6.07) is 1.44. The van der Waals surface area contributed by atoms with Crippen molar-refractivity contribution in [2.45, 2.75) is 24.0 Å². The van der Waals surface area contributed by atoms with Crippen molar-refractivity contribution in [3.8, 4) is 0 Å². The van der Waals surface area contributed by atoms with Crippen molar-refractivity contribution >= 4 is 48.9 Å². The first kappa shape index (κ1) is 16.0. The molecule has 0 aliphatic rings. The second-order valence-corrected chi connectivity index (χ2v) is 8.98. The molecule has 0 atom stereocenters. The van der Waals surface area contributed by atoms with Crippen LogP contribution >= 0.6 is 38.9 Å². The molecule has 2 aromatic heterocycles. The average molecular weight is 399 g/mol. The maximum atomic E-state index is 12.0. The normalized spacial score (nSPS) is 11.9. The molecule has 9 heteroatoms. The minimum Gasteiger partial charge on any atom is -0.283 e. The average Bonchev–Trinajstić information content (AvgIpc) is 2.93. The fourth-order valence-electron chi connectivity index (χ4n) is 1.64. The molecule has 2 heterocycles. The maximum absolute atomic E-state index is 12.0. The Hall–Kier alpha value is -0.410. The molecule has 20 heavy (non-hydrogen) atoms. The number of halogens is 2. The molecule has 110 valence electrons. The van der Waals surface area contributed by atoms with Crippen molar-refractivity contribution in [3.63, 3.8) is 0 Å². The van der Waals surface area contributed by atoms with Crippen LogP contribution in [0.4, 0.5) is 0 Å². The summed E-state index contributed by atoms with van der Waals surface area (Å²) in [5.74, 6) is 0. The summed E-state index contributed by atoms with van der Waals surface area (Å²) >= 11 is 10.1. The van der Waals surface area contributed by atoms with Gasteiger partial charge in [-0.25, -0.2) is 13.1 Å². The summed E-state index contributed by atoms with van der Waals surface area (Å²) < 4.78 is 27.5. The number of nitrogens with one attached hydrogen (secondary N) is 2. The molecule has 0 spiro atoms. The van der Waals surface area contributed by atoms with E-state index in [9.17, 15) is 8.42 Å². The monoisotopic (exact) mass is 397 g/mol. The number of aryl methyl sites for hydroxylation is 2. The number of nitrogens with zero attached hydrogens (tertiary/aromatic N) is 1. The van der Waals surface area contributed by atoms with Crippen LogP contribution in [0.5, 0.6) is 0 Å². The van der Waals surface area contributed by atoms with Crippen LogP contribution < -0.4 is 4.72 Å². The Morgan fingerprint density at radius 1 is 1.55 bits per heavy atom. The maximum Gasteiger partial charge on any atom is 0.250 e. The molecule has 0 aliphatic heterocycles. The molecule has 5 nitrogen and oxygen atoms in total. The van der Waals surface area contributed by atoms with Gasteiger partial charge in [0.25, 0.3) is 0 Å². The molecule has 0 amide bonds. The van der Waals surface area contributed by atoms with Crippen molar-refractivity contribution in [1.82, 2.24) is 14.9 Å². The Labute approximate surface area is 134 Å². The molecule has 2 aromatic rings. The lowest BCUT2D eigenvalue weighted by atomic mass is 10.1. The van der Waals surface area contributed by atoms with Gasteiger partial charge in [0.2, 0.25) is 10.0 Å². The van der Waals surface area contributed by atoms with Crippen LogP contribution in [0.25, 0.3) is 0 Å². The molecule has 0 fully saturated rings. The van der Waals surface area contributed by atoms with Crippen LogP contribution in [-0.2, 0) is 16.4 Å². The molecule has 0 saturated carbocycles. The largest absolute Gasteiger partial charge is 0.283 e. The van der Waals surface area contributed by atoms with Crippen molar-refractivity contribution in [1.29, 1.82) is 0 Å². The summed E-state index contributed by atoms with van der Waals surface area (Å²) in [7, 11) is -3.48. The zero-order chi connectivity index (χ0) is 14.8. The highest BCUT2D eigenvalue weighted by Crippen LogP contribution is 2.34. The summed E-state index contributed by atoms with van der Waals surface area (Å²) in [6.45, 7) is 2.32. The summed E-state index contributed by atoms with van der Waals surface area (Å²) in [5, 5.41) is 7.19. The van der Waals surface area contributed by atoms with Crippen LogP contribution in [0, 0.1) is 6.92 Å². The molecule has 0 radical (unpaired) electrons. The Kier molecular flexibility index (Phi) is 5.25. The molecular weight excluding hydrogens is 386 g/mol. The van der Waals surface area contributed by atoms with E-state index >= 15 is 0 Å². The second kappa shape index (κ2) is 6.57. The van der Waals surface area contributed by atoms with Crippen molar-refractivity contribution in [2.75, 3.05) is 6.54 Å². The summed E-state index contributed by atoms with van der Waals surface area (Å²) in [5.41, 5.74) is 2.12. The number of H-pyrrole nitrogens is 1. The third kappa shape index (κ3) is 3.82. The minimum absolute atomic E-state index is 0.217. The second-order valence-electron chi connectivity index (χ2n) is 4.21. The molecule has 0 unspecified atom stereocenters. The van der Waals surface area contributed by atoms with Gasteiger partial charge in [0.1, 0.15) is 4.21 Å². The first-order valence-electron chi connectivity index (χ1n) is 5.83. The third-order valence-electron chi connectivity index (χ3n) is 2.74. The van der Waals surface area contributed by atoms with Crippen LogP contribution in [0.2, 0.25) is 5.02 Å². The highest BCUT2D eigenvalue weighted by atomic mass is 79.9. The Morgan fingerprint density at radius 2 is 2.30 bits per heavy atom. The van der Waals surface area contributed by atoms with Crippen molar-refractivity contribution in [3.05, 3.63) is 32.3 Å². The number of aromatic amines is 1. The van der Waals surface area contributed by atoms with Crippen LogP contribution in [0.15, 0.2) is 20.3 Å². The molecule has 2 rings (SSSR count). The van der Waals surface area contributed by atoms with E-state index < -0.39 is 10.0 Å². The van der Waals surface area contributed by atoms with Gasteiger partial charge in [-0.1, -0.05) is 11.6 Å². The van der Waals surface area contributed by atoms with E-state index in [1.54, 1.807) is 6.20 Å². The number of hydrogen-bond donors (Lipinski definition) is 2. The number of aromatic nitrogens is 2. The summed E-state index contributed by atoms with van der Waals surface area (Å²) in [6.07, 6.45) is 3.25. The molecule has 0 bridgehead atoms. The van der Waals surface area contributed by atoms with Crippen LogP contribution in [0.3, 0.4) is 0 Å². The Bertz CT molecular complexity index is 677. The van der Waals surface area contributed by atoms with Gasteiger partial charge in [0.15, 0.2) is 0 Å². The van der Waals surface area contributed by atoms with E-state index in [2.05, 4.69) is 30.8 Å². The molecule has 2 N–H and O–H groups in total. The highest BCUT2D eigenvalue weighted by molar-refractivity contribution is 9.11. The SMILES string of the molecule is Cc1[nH]ncc1CCCNS(=O)(=O)c1cc(Cl)c(Br)s1. The van der Waals surface area contributed by atoms with Crippen molar-refractivity contribution < 1.29 is 8.42 Å². The van der Waals surface area contributed by atoms with Crippen LogP contribution in [-0.4, -0.2) is 25.2 Å². The fraction of sp³-hybridized carbons (Fsp3) is 0.364. The van der Waals surface area contributed by atoms with Crippen LogP contribution in [0.1, 0.15) is 17.7 Å². The third-order valence-corrected chi connectivity index (χ3v) is 7.15. The van der Waals surface area contributed by atoms with Gasteiger partial charge in [-0.15, -0.1) is 11.3 Å². The predicted molar refractivity (Wildman–Crippen MR) is 83.9 cm³/mol. The predicted octanol–water partition coefficient (Wildman–Crippen LogP) is 3.11. The van der Waals surface area contributed by atoms with Gasteiger partial charge in [-0.3, -0.25) is 5.10 Å². The number of hydrogen-bond acceptors (Lipinski definition) is 4. The molecule has 0 aliphatic carbocycles. The topological polar surface area (TPSA) is 74.8 Å². The Morgan fingerprint density at radius 3 is 2.85 bits per heavy atom. The van der Waals surface area contributed by atoms with E-state index in [-0.39, 0.29) is 4.21 Å². The van der Waals surface area contributed by atoms with Gasteiger partial charge in [-0.05, 0) is 47.3 Å². The number of thiophene rings is 1. The lowest BCUT2D eigenvalue weighted by Crippen LogP contribution is -2.24. The Balaban J connectivity index is 1.88. The minimum atomic E-state index is -3.48. The standard InChI is InChI=1S/C11H13BrClN3O2S2/c1-7-8(6-14-16-7)3-2-4-15-20(17,18)10-5-9(13)11(12)19-10/h5-6,15H,2-4H2,1H3,(H,14,16). The molecule has 0 aromatic carbocycles. The van der Waals surface area contributed by atoms with Gasteiger partial charge in [0, 0.05) is 12.2 Å². The van der Waals surface area contributed by atoms with E-state index in [1.165, 1.54) is 6.07 Å². The van der Waals surface area contributed by atoms with Gasteiger partial charge in [0.05, 0.1) is 15.0 Å². The fourth-order valence-corrected chi connectivity index (χ4v) is 5.16. The van der Waals surface area contributed by atoms with E-state index in [4.69, 9.17) is 11.6 Å². The zero-order valence-electron chi connectivity index (χ0n) is 10.6. The molecule has 0 saturated heterocycles. The first-order valence-corrected chi connectivity index (χ1v) is 9.30. The number of rotatable bonds is 6. The molecular formula is C11H13BrClN3O2S2.